The molecule has 0 fully saturated rings. The second-order valence-electron chi connectivity index (χ2n) is 6.90. The molecule has 0 saturated heterocycles. The van der Waals surface area contributed by atoms with E-state index < -0.39 is 9.84 Å². The fraction of sp³-hybridized carbons (Fsp3) is 0.286. The van der Waals surface area contributed by atoms with Crippen LogP contribution in [0.15, 0.2) is 64.6 Å². The van der Waals surface area contributed by atoms with E-state index in [1.165, 1.54) is 11.8 Å². The van der Waals surface area contributed by atoms with Crippen LogP contribution >= 0.6 is 11.8 Å². The maximum atomic E-state index is 12.7. The minimum atomic E-state index is -3.53. The lowest BCUT2D eigenvalue weighted by molar-refractivity contribution is -0.115. The van der Waals surface area contributed by atoms with Gasteiger partial charge in [0.15, 0.2) is 15.0 Å². The number of aryl methyl sites for hydroxylation is 1. The zero-order valence-electron chi connectivity index (χ0n) is 17.1. The lowest BCUT2D eigenvalue weighted by atomic mass is 10.2. The molecular weight excluding hydrogens is 420 g/mol. The molecular formula is C21H24N4O3S2. The van der Waals surface area contributed by atoms with E-state index in [0.29, 0.717) is 17.4 Å². The Morgan fingerprint density at radius 2 is 1.77 bits per heavy atom. The van der Waals surface area contributed by atoms with Gasteiger partial charge in [-0.2, -0.15) is 0 Å². The third-order valence-corrected chi connectivity index (χ3v) is 7.60. The van der Waals surface area contributed by atoms with Crippen molar-refractivity contribution < 1.29 is 13.2 Å². The van der Waals surface area contributed by atoms with Gasteiger partial charge in [0, 0.05) is 12.7 Å². The van der Waals surface area contributed by atoms with Crippen molar-refractivity contribution in [2.24, 2.45) is 7.05 Å². The van der Waals surface area contributed by atoms with Crippen LogP contribution in [0.4, 0.5) is 5.69 Å². The Labute approximate surface area is 180 Å². The molecule has 158 valence electrons. The molecule has 0 bridgehead atoms. The number of amides is 1. The average molecular weight is 445 g/mol. The van der Waals surface area contributed by atoms with Gasteiger partial charge in [0.25, 0.3) is 0 Å². The van der Waals surface area contributed by atoms with Crippen LogP contribution in [0.2, 0.25) is 0 Å². The fourth-order valence-electron chi connectivity index (χ4n) is 2.76. The second kappa shape index (κ2) is 9.44. The molecule has 0 aliphatic carbocycles. The van der Waals surface area contributed by atoms with Crippen molar-refractivity contribution in [2.75, 3.05) is 5.32 Å². The van der Waals surface area contributed by atoms with E-state index in [0.717, 1.165) is 11.3 Å². The Kier molecular flexibility index (Phi) is 6.94. The van der Waals surface area contributed by atoms with E-state index in [4.69, 9.17) is 0 Å². The van der Waals surface area contributed by atoms with Crippen molar-refractivity contribution in [3.05, 3.63) is 66.0 Å². The largest absolute Gasteiger partial charge is 0.325 e. The first-order valence-corrected chi connectivity index (χ1v) is 12.0. The topological polar surface area (TPSA) is 93.9 Å². The Balaban J connectivity index is 1.71. The molecule has 0 spiro atoms. The lowest BCUT2D eigenvalue weighted by Gasteiger charge is -2.14. The number of hydrogen-bond donors (Lipinski definition) is 1. The predicted octanol–water partition coefficient (Wildman–Crippen LogP) is 3.61. The van der Waals surface area contributed by atoms with E-state index in [1.54, 1.807) is 41.9 Å². The number of hydrogen-bond acceptors (Lipinski definition) is 6. The standard InChI is InChI=1S/C21H24N4O3S2/c1-4-18(20(26)22-16-12-10-15(2)11-13-16)29-21-24-23-19(25(21)3)14-30(27,28)17-8-6-5-7-9-17/h5-13,18H,4,14H2,1-3H3,(H,22,26). The molecule has 0 radical (unpaired) electrons. The summed E-state index contributed by atoms with van der Waals surface area (Å²) < 4.78 is 26.9. The normalized spacial score (nSPS) is 12.5. The van der Waals surface area contributed by atoms with E-state index >= 15 is 0 Å². The highest BCUT2D eigenvalue weighted by atomic mass is 32.2. The van der Waals surface area contributed by atoms with Gasteiger partial charge in [0.2, 0.25) is 5.91 Å². The summed E-state index contributed by atoms with van der Waals surface area (Å²) >= 11 is 1.27. The summed E-state index contributed by atoms with van der Waals surface area (Å²) in [5.74, 6) is -0.0593. The number of anilines is 1. The highest BCUT2D eigenvalue weighted by molar-refractivity contribution is 8.00. The monoisotopic (exact) mass is 444 g/mol. The molecule has 0 aliphatic heterocycles. The number of nitrogens with one attached hydrogen (secondary N) is 1. The number of benzene rings is 2. The maximum absolute atomic E-state index is 12.7. The van der Waals surface area contributed by atoms with Gasteiger partial charge in [0.1, 0.15) is 11.6 Å². The van der Waals surface area contributed by atoms with Gasteiger partial charge in [-0.25, -0.2) is 8.42 Å². The minimum absolute atomic E-state index is 0.132. The summed E-state index contributed by atoms with van der Waals surface area (Å²) in [6.07, 6.45) is 0.590. The lowest BCUT2D eigenvalue weighted by Crippen LogP contribution is -2.25. The van der Waals surface area contributed by atoms with Crippen LogP contribution in [-0.4, -0.2) is 34.3 Å². The molecule has 0 aliphatic rings. The summed E-state index contributed by atoms with van der Waals surface area (Å²) in [7, 11) is -1.82. The number of thioether (sulfide) groups is 1. The van der Waals surface area contributed by atoms with E-state index in [-0.39, 0.29) is 21.8 Å². The summed E-state index contributed by atoms with van der Waals surface area (Å²) in [5, 5.41) is 11.2. The Hall–Kier alpha value is -2.65. The van der Waals surface area contributed by atoms with Crippen LogP contribution in [-0.2, 0) is 27.4 Å². The SMILES string of the molecule is CCC(Sc1nnc(CS(=O)(=O)c2ccccc2)n1C)C(=O)Nc1ccc(C)cc1. The Morgan fingerprint density at radius 1 is 1.10 bits per heavy atom. The van der Waals surface area contributed by atoms with Crippen molar-refractivity contribution in [2.45, 2.75) is 41.3 Å². The van der Waals surface area contributed by atoms with Gasteiger partial charge >= 0.3 is 0 Å². The molecule has 2 aromatic carbocycles. The predicted molar refractivity (Wildman–Crippen MR) is 118 cm³/mol. The van der Waals surface area contributed by atoms with Gasteiger partial charge in [-0.1, -0.05) is 54.6 Å². The van der Waals surface area contributed by atoms with Crippen molar-refractivity contribution >= 4 is 33.2 Å². The summed E-state index contributed by atoms with van der Waals surface area (Å²) in [4.78, 5) is 12.9. The van der Waals surface area contributed by atoms with Crippen LogP contribution in [0, 0.1) is 6.92 Å². The van der Waals surface area contributed by atoms with Crippen LogP contribution in [0.1, 0.15) is 24.7 Å². The minimum Gasteiger partial charge on any atom is -0.325 e. The zero-order chi connectivity index (χ0) is 21.7. The highest BCUT2D eigenvalue weighted by Gasteiger charge is 2.24. The smallest absolute Gasteiger partial charge is 0.237 e. The molecule has 1 aromatic heterocycles. The molecule has 1 amide bonds. The van der Waals surface area contributed by atoms with E-state index in [1.807, 2.05) is 38.1 Å². The Morgan fingerprint density at radius 3 is 2.40 bits per heavy atom. The number of rotatable bonds is 8. The second-order valence-corrected chi connectivity index (χ2v) is 10.1. The summed E-state index contributed by atoms with van der Waals surface area (Å²) in [5.41, 5.74) is 1.85. The average Bonchev–Trinajstić information content (AvgIpc) is 3.07. The first-order chi connectivity index (χ1) is 14.3. The molecule has 1 atom stereocenters. The van der Waals surface area contributed by atoms with Gasteiger partial charge in [0.05, 0.1) is 10.1 Å². The molecule has 1 unspecified atom stereocenters. The van der Waals surface area contributed by atoms with Crippen LogP contribution in [0.3, 0.4) is 0 Å². The van der Waals surface area contributed by atoms with Crippen LogP contribution < -0.4 is 5.32 Å². The number of nitrogens with zero attached hydrogens (tertiary/aromatic N) is 3. The third kappa shape index (κ3) is 5.28. The molecule has 30 heavy (non-hydrogen) atoms. The third-order valence-electron chi connectivity index (χ3n) is 4.58. The van der Waals surface area contributed by atoms with Crippen molar-refractivity contribution in [3.8, 4) is 0 Å². The molecule has 7 nitrogen and oxygen atoms in total. The summed E-state index contributed by atoms with van der Waals surface area (Å²) in [6.45, 7) is 3.91. The van der Waals surface area contributed by atoms with Crippen molar-refractivity contribution in [3.63, 3.8) is 0 Å². The van der Waals surface area contributed by atoms with Gasteiger partial charge in [-0.3, -0.25) is 4.79 Å². The molecule has 1 heterocycles. The fourth-order valence-corrected chi connectivity index (χ4v) is 5.03. The highest BCUT2D eigenvalue weighted by Crippen LogP contribution is 2.26. The number of carbonyl (C=O) groups is 1. The molecule has 3 rings (SSSR count). The molecule has 3 aromatic rings. The summed E-state index contributed by atoms with van der Waals surface area (Å²) in [6, 6.07) is 15.8. The first-order valence-electron chi connectivity index (χ1n) is 9.50. The number of carbonyl (C=O) groups excluding carboxylic acids is 1. The first kappa shape index (κ1) is 22.0. The van der Waals surface area contributed by atoms with Gasteiger partial charge in [-0.15, -0.1) is 10.2 Å². The van der Waals surface area contributed by atoms with Crippen LogP contribution in [0.5, 0.6) is 0 Å². The van der Waals surface area contributed by atoms with Gasteiger partial charge in [-0.05, 0) is 37.6 Å². The quantitative estimate of drug-likeness (QED) is 0.534. The number of aromatic nitrogens is 3. The Bertz CT molecular complexity index is 1110. The van der Waals surface area contributed by atoms with Gasteiger partial charge < -0.3 is 9.88 Å². The molecule has 9 heteroatoms. The zero-order valence-corrected chi connectivity index (χ0v) is 18.7. The van der Waals surface area contributed by atoms with Crippen molar-refractivity contribution in [1.82, 2.24) is 14.8 Å². The maximum Gasteiger partial charge on any atom is 0.237 e. The number of sulfone groups is 1. The van der Waals surface area contributed by atoms with Crippen molar-refractivity contribution in [1.29, 1.82) is 0 Å². The molecule has 0 saturated carbocycles. The molecule has 1 N–H and O–H groups in total. The van der Waals surface area contributed by atoms with E-state index in [9.17, 15) is 13.2 Å². The van der Waals surface area contributed by atoms with Crippen LogP contribution in [0.25, 0.3) is 0 Å². The van der Waals surface area contributed by atoms with E-state index in [2.05, 4.69) is 15.5 Å².